The lowest BCUT2D eigenvalue weighted by Crippen LogP contribution is -2.50. The summed E-state index contributed by atoms with van der Waals surface area (Å²) >= 11 is 5.93. The second kappa shape index (κ2) is 13.0. The molecule has 2 amide bonds. The molecule has 0 fully saturated rings. The molecule has 0 saturated carbocycles. The third kappa shape index (κ3) is 7.26. The fraction of sp³-hybridized carbons (Fsp3) is 0.333. The quantitative estimate of drug-likeness (QED) is 0.383. The molecule has 3 aromatic carbocycles. The third-order valence-electron chi connectivity index (χ3n) is 7.11. The van der Waals surface area contributed by atoms with Gasteiger partial charge in [-0.2, -0.15) is 4.31 Å². The number of carbonyl (C=O) groups excluding carboxylic acids is 2. The maximum atomic E-state index is 13.7. The molecule has 0 aromatic heterocycles. The van der Waals surface area contributed by atoms with Crippen molar-refractivity contribution in [1.29, 1.82) is 0 Å². The van der Waals surface area contributed by atoms with E-state index in [0.29, 0.717) is 10.7 Å². The van der Waals surface area contributed by atoms with E-state index in [0.717, 1.165) is 5.56 Å². The van der Waals surface area contributed by atoms with E-state index in [2.05, 4.69) is 5.32 Å². The number of halogens is 1. The first-order valence-electron chi connectivity index (χ1n) is 13.3. The SMILES string of the molecule is C[C@H]1CN([C@@H](C)CO)C(=O)c2cc(NC(=O)Cc3ccccc3)ccc2O[C@H]1CN(C)S(=O)(=O)c1ccc(Cl)cc1. The molecule has 0 bridgehead atoms. The van der Waals surface area contributed by atoms with Crippen LogP contribution in [0.3, 0.4) is 0 Å². The average Bonchev–Trinajstić information content (AvgIpc) is 2.95. The molecule has 0 spiro atoms. The number of rotatable bonds is 9. The van der Waals surface area contributed by atoms with Gasteiger partial charge in [-0.3, -0.25) is 9.59 Å². The van der Waals surface area contributed by atoms with E-state index in [1.165, 1.54) is 35.6 Å². The van der Waals surface area contributed by atoms with Crippen LogP contribution in [-0.4, -0.2) is 73.4 Å². The number of sulfonamides is 1. The minimum Gasteiger partial charge on any atom is -0.488 e. The van der Waals surface area contributed by atoms with Crippen LogP contribution in [0.2, 0.25) is 5.02 Å². The van der Waals surface area contributed by atoms with Crippen molar-refractivity contribution in [2.75, 3.05) is 32.1 Å². The van der Waals surface area contributed by atoms with Gasteiger partial charge in [0.2, 0.25) is 15.9 Å². The van der Waals surface area contributed by atoms with Gasteiger partial charge in [0.25, 0.3) is 5.91 Å². The summed E-state index contributed by atoms with van der Waals surface area (Å²) in [5, 5.41) is 13.2. The molecule has 0 unspecified atom stereocenters. The van der Waals surface area contributed by atoms with Crippen LogP contribution in [-0.2, 0) is 21.2 Å². The highest BCUT2D eigenvalue weighted by Gasteiger charge is 2.35. The summed E-state index contributed by atoms with van der Waals surface area (Å²) < 4.78 is 34.1. The zero-order valence-electron chi connectivity index (χ0n) is 23.2. The van der Waals surface area contributed by atoms with E-state index >= 15 is 0 Å². The second-order valence-electron chi connectivity index (χ2n) is 10.3. The molecule has 218 valence electrons. The summed E-state index contributed by atoms with van der Waals surface area (Å²) in [6, 6.07) is 19.5. The van der Waals surface area contributed by atoms with Gasteiger partial charge in [-0.15, -0.1) is 0 Å². The standard InChI is InChI=1S/C30H34ClN3O6S/c1-20-17-34(21(2)19-35)30(37)26-16-24(32-29(36)15-22-7-5-4-6-8-22)11-14-27(26)40-28(20)18-33(3)41(38,39)25-12-9-23(31)10-13-25/h4-14,16,20-21,28,35H,15,17-19H2,1-3H3,(H,32,36)/t20-,21-,28-/m0/s1. The fourth-order valence-corrected chi connectivity index (χ4v) is 5.95. The molecule has 1 heterocycles. The number of likely N-dealkylation sites (N-methyl/N-ethyl adjacent to an activating group) is 1. The van der Waals surface area contributed by atoms with Crippen LogP contribution < -0.4 is 10.1 Å². The highest BCUT2D eigenvalue weighted by Crippen LogP contribution is 2.31. The van der Waals surface area contributed by atoms with Gasteiger partial charge in [0, 0.05) is 30.2 Å². The number of benzene rings is 3. The van der Waals surface area contributed by atoms with Gasteiger partial charge in [-0.25, -0.2) is 8.42 Å². The lowest BCUT2D eigenvalue weighted by molar-refractivity contribution is -0.115. The molecule has 3 aromatic rings. The molecule has 9 nitrogen and oxygen atoms in total. The van der Waals surface area contributed by atoms with E-state index in [1.807, 2.05) is 37.3 Å². The number of amides is 2. The maximum Gasteiger partial charge on any atom is 0.258 e. The Morgan fingerprint density at radius 2 is 1.83 bits per heavy atom. The zero-order valence-corrected chi connectivity index (χ0v) is 24.7. The molecule has 0 saturated heterocycles. The molecular formula is C30H34ClN3O6S. The van der Waals surface area contributed by atoms with Crippen LogP contribution in [0.5, 0.6) is 5.75 Å². The van der Waals surface area contributed by atoms with Gasteiger partial charge in [0.15, 0.2) is 0 Å². The minimum atomic E-state index is -3.84. The molecule has 1 aliphatic rings. The number of anilines is 1. The van der Waals surface area contributed by atoms with Gasteiger partial charge >= 0.3 is 0 Å². The molecule has 2 N–H and O–H groups in total. The van der Waals surface area contributed by atoms with Gasteiger partial charge in [0.1, 0.15) is 11.9 Å². The van der Waals surface area contributed by atoms with Crippen LogP contribution in [0, 0.1) is 5.92 Å². The Morgan fingerprint density at radius 1 is 1.15 bits per heavy atom. The van der Waals surface area contributed by atoms with Gasteiger partial charge in [-0.05, 0) is 55.0 Å². The number of fused-ring (bicyclic) bond motifs is 1. The first kappa shape index (κ1) is 30.5. The third-order valence-corrected chi connectivity index (χ3v) is 9.20. The second-order valence-corrected chi connectivity index (χ2v) is 12.8. The predicted molar refractivity (Wildman–Crippen MR) is 158 cm³/mol. The Bertz CT molecular complexity index is 1480. The molecule has 3 atom stereocenters. The van der Waals surface area contributed by atoms with Crippen molar-refractivity contribution >= 4 is 39.1 Å². The summed E-state index contributed by atoms with van der Waals surface area (Å²) in [4.78, 5) is 28.0. The van der Waals surface area contributed by atoms with Gasteiger partial charge in [-0.1, -0.05) is 48.9 Å². The molecular weight excluding hydrogens is 566 g/mol. The lowest BCUT2D eigenvalue weighted by atomic mass is 9.99. The highest BCUT2D eigenvalue weighted by atomic mass is 35.5. The summed E-state index contributed by atoms with van der Waals surface area (Å²) in [6.45, 7) is 3.60. The predicted octanol–water partition coefficient (Wildman–Crippen LogP) is 4.06. The largest absolute Gasteiger partial charge is 0.488 e. The molecule has 0 aliphatic carbocycles. The van der Waals surface area contributed by atoms with Crippen LogP contribution in [0.25, 0.3) is 0 Å². The molecule has 11 heteroatoms. The van der Waals surface area contributed by atoms with Crippen LogP contribution in [0.1, 0.15) is 29.8 Å². The Kier molecular flexibility index (Phi) is 9.70. The van der Waals surface area contributed by atoms with E-state index in [9.17, 15) is 23.1 Å². The average molecular weight is 600 g/mol. The van der Waals surface area contributed by atoms with Crippen LogP contribution >= 0.6 is 11.6 Å². The first-order valence-corrected chi connectivity index (χ1v) is 15.1. The minimum absolute atomic E-state index is 0.0106. The van der Waals surface area contributed by atoms with Crippen molar-refractivity contribution in [3.05, 3.63) is 88.9 Å². The van der Waals surface area contributed by atoms with E-state index in [-0.39, 0.29) is 60.1 Å². The van der Waals surface area contributed by atoms with Gasteiger partial charge < -0.3 is 20.1 Å². The smallest absolute Gasteiger partial charge is 0.258 e. The monoisotopic (exact) mass is 599 g/mol. The lowest BCUT2D eigenvalue weighted by Gasteiger charge is -2.38. The summed E-state index contributed by atoms with van der Waals surface area (Å²) in [5.74, 6) is -0.612. The molecule has 41 heavy (non-hydrogen) atoms. The Labute approximate surface area is 245 Å². The number of hydrogen-bond acceptors (Lipinski definition) is 6. The van der Waals surface area contributed by atoms with Crippen LogP contribution in [0.4, 0.5) is 5.69 Å². The van der Waals surface area contributed by atoms with Gasteiger partial charge in [0.05, 0.1) is 36.1 Å². The number of aliphatic hydroxyl groups is 1. The number of nitrogens with one attached hydrogen (secondary N) is 1. The molecule has 4 rings (SSSR count). The van der Waals surface area contributed by atoms with Crippen molar-refractivity contribution in [3.63, 3.8) is 0 Å². The van der Waals surface area contributed by atoms with Crippen molar-refractivity contribution in [2.45, 2.75) is 37.3 Å². The normalized spacial score (nSPS) is 18.2. The van der Waals surface area contributed by atoms with Crippen molar-refractivity contribution < 1.29 is 27.9 Å². The summed E-state index contributed by atoms with van der Waals surface area (Å²) in [5.41, 5.74) is 1.49. The number of hydrogen-bond donors (Lipinski definition) is 2. The molecule has 1 aliphatic heterocycles. The van der Waals surface area contributed by atoms with Crippen molar-refractivity contribution in [1.82, 2.24) is 9.21 Å². The number of carbonyl (C=O) groups is 2. The van der Waals surface area contributed by atoms with E-state index < -0.39 is 22.2 Å². The molecule has 0 radical (unpaired) electrons. The highest BCUT2D eigenvalue weighted by molar-refractivity contribution is 7.89. The number of aliphatic hydroxyl groups excluding tert-OH is 1. The van der Waals surface area contributed by atoms with Crippen molar-refractivity contribution in [2.24, 2.45) is 5.92 Å². The maximum absolute atomic E-state index is 13.7. The Morgan fingerprint density at radius 3 is 2.49 bits per heavy atom. The Hall–Kier alpha value is -3.44. The topological polar surface area (TPSA) is 116 Å². The fourth-order valence-electron chi connectivity index (χ4n) is 4.64. The first-order chi connectivity index (χ1) is 19.5. The van der Waals surface area contributed by atoms with Crippen molar-refractivity contribution in [3.8, 4) is 5.75 Å². The van der Waals surface area contributed by atoms with E-state index in [4.69, 9.17) is 16.3 Å². The van der Waals surface area contributed by atoms with E-state index in [1.54, 1.807) is 30.0 Å². The van der Waals surface area contributed by atoms with Crippen LogP contribution in [0.15, 0.2) is 77.7 Å². The Balaban J connectivity index is 1.61. The summed E-state index contributed by atoms with van der Waals surface area (Å²) in [7, 11) is -2.37. The number of nitrogens with zero attached hydrogens (tertiary/aromatic N) is 2. The number of ether oxygens (including phenoxy) is 1. The summed E-state index contributed by atoms with van der Waals surface area (Å²) in [6.07, 6.45) is -0.454. The zero-order chi connectivity index (χ0) is 29.7.